The topological polar surface area (TPSA) is 55.3 Å². The van der Waals surface area contributed by atoms with Crippen LogP contribution in [0, 0.1) is 0 Å². The fraction of sp³-hybridized carbons (Fsp3) is 0.308. The summed E-state index contributed by atoms with van der Waals surface area (Å²) in [4.78, 5) is 6.50. The first-order valence-corrected chi connectivity index (χ1v) is 5.76. The fourth-order valence-corrected chi connectivity index (χ4v) is 1.83. The van der Waals surface area contributed by atoms with Crippen LogP contribution in [-0.4, -0.2) is 11.5 Å². The zero-order chi connectivity index (χ0) is 12.1. The molecule has 0 spiro atoms. The molecule has 0 aromatic carbocycles. The Morgan fingerprint density at radius 1 is 1.35 bits per heavy atom. The van der Waals surface area contributed by atoms with Gasteiger partial charge in [-0.15, -0.1) is 0 Å². The Balaban J connectivity index is 2.22. The summed E-state index contributed by atoms with van der Waals surface area (Å²) in [6.07, 6.45) is 3.46. The van der Waals surface area contributed by atoms with Gasteiger partial charge in [0.15, 0.2) is 0 Å². The van der Waals surface area contributed by atoms with Gasteiger partial charge in [0.05, 0.1) is 24.2 Å². The molecule has 0 aliphatic rings. The van der Waals surface area contributed by atoms with E-state index in [-0.39, 0.29) is 0 Å². The number of hydrogen-bond donors (Lipinski definition) is 1. The van der Waals surface area contributed by atoms with E-state index in [1.54, 1.807) is 12.5 Å². The molecular formula is C13H17N3O. The minimum atomic E-state index is 0.449. The van der Waals surface area contributed by atoms with E-state index in [0.29, 0.717) is 6.54 Å². The summed E-state index contributed by atoms with van der Waals surface area (Å²) in [6, 6.07) is 7.85. The number of rotatable bonds is 5. The molecule has 17 heavy (non-hydrogen) atoms. The SMILES string of the molecule is CCN(Cc1ccco1)c1cccnc1CN. The molecule has 0 bridgehead atoms. The Labute approximate surface area is 101 Å². The van der Waals surface area contributed by atoms with Crippen molar-refractivity contribution in [2.75, 3.05) is 11.4 Å². The minimum absolute atomic E-state index is 0.449. The molecule has 2 heterocycles. The van der Waals surface area contributed by atoms with Crippen molar-refractivity contribution in [3.05, 3.63) is 48.2 Å². The maximum Gasteiger partial charge on any atom is 0.123 e. The van der Waals surface area contributed by atoms with Gasteiger partial charge >= 0.3 is 0 Å². The number of hydrogen-bond acceptors (Lipinski definition) is 4. The summed E-state index contributed by atoms with van der Waals surface area (Å²) in [5.41, 5.74) is 7.70. The van der Waals surface area contributed by atoms with Gasteiger partial charge in [-0.2, -0.15) is 0 Å². The number of nitrogens with zero attached hydrogens (tertiary/aromatic N) is 2. The highest BCUT2D eigenvalue weighted by atomic mass is 16.3. The lowest BCUT2D eigenvalue weighted by molar-refractivity contribution is 0.503. The van der Waals surface area contributed by atoms with Crippen LogP contribution in [0.4, 0.5) is 5.69 Å². The van der Waals surface area contributed by atoms with Crippen molar-refractivity contribution in [1.29, 1.82) is 0 Å². The highest BCUT2D eigenvalue weighted by Crippen LogP contribution is 2.20. The fourth-order valence-electron chi connectivity index (χ4n) is 1.83. The van der Waals surface area contributed by atoms with E-state index in [1.807, 2.05) is 24.3 Å². The smallest absolute Gasteiger partial charge is 0.123 e. The molecule has 2 rings (SSSR count). The third-order valence-electron chi connectivity index (χ3n) is 2.71. The Morgan fingerprint density at radius 2 is 2.24 bits per heavy atom. The van der Waals surface area contributed by atoms with E-state index >= 15 is 0 Å². The van der Waals surface area contributed by atoms with Crippen molar-refractivity contribution in [3.8, 4) is 0 Å². The first kappa shape index (κ1) is 11.7. The molecule has 90 valence electrons. The number of nitrogens with two attached hydrogens (primary N) is 1. The lowest BCUT2D eigenvalue weighted by Crippen LogP contribution is -2.24. The quantitative estimate of drug-likeness (QED) is 0.856. The van der Waals surface area contributed by atoms with E-state index in [4.69, 9.17) is 10.2 Å². The molecule has 2 aromatic heterocycles. The van der Waals surface area contributed by atoms with Crippen molar-refractivity contribution in [3.63, 3.8) is 0 Å². The third kappa shape index (κ3) is 2.65. The van der Waals surface area contributed by atoms with Crippen LogP contribution < -0.4 is 10.6 Å². The zero-order valence-corrected chi connectivity index (χ0v) is 9.97. The lowest BCUT2D eigenvalue weighted by atomic mass is 10.2. The van der Waals surface area contributed by atoms with Gasteiger partial charge in [-0.1, -0.05) is 0 Å². The molecule has 4 heteroatoms. The van der Waals surface area contributed by atoms with Crippen molar-refractivity contribution >= 4 is 5.69 Å². The molecule has 0 saturated carbocycles. The van der Waals surface area contributed by atoms with Gasteiger partial charge in [-0.05, 0) is 31.2 Å². The molecular weight excluding hydrogens is 214 g/mol. The average Bonchev–Trinajstić information content (AvgIpc) is 2.89. The Hall–Kier alpha value is -1.81. The molecule has 0 aliphatic heterocycles. The average molecular weight is 231 g/mol. The van der Waals surface area contributed by atoms with Gasteiger partial charge < -0.3 is 15.1 Å². The van der Waals surface area contributed by atoms with Gasteiger partial charge in [-0.3, -0.25) is 4.98 Å². The highest BCUT2D eigenvalue weighted by molar-refractivity contribution is 5.50. The standard InChI is InChI=1S/C13H17N3O/c1-2-16(10-11-5-4-8-17-11)13-6-3-7-15-12(13)9-14/h3-8H,2,9-10,14H2,1H3. The van der Waals surface area contributed by atoms with Gasteiger partial charge in [0.1, 0.15) is 5.76 Å². The van der Waals surface area contributed by atoms with Crippen LogP contribution in [-0.2, 0) is 13.1 Å². The molecule has 0 saturated heterocycles. The molecule has 0 fully saturated rings. The molecule has 0 unspecified atom stereocenters. The predicted molar refractivity (Wildman–Crippen MR) is 67.6 cm³/mol. The maximum atomic E-state index is 5.70. The minimum Gasteiger partial charge on any atom is -0.467 e. The normalized spacial score (nSPS) is 10.5. The van der Waals surface area contributed by atoms with Gasteiger partial charge in [-0.25, -0.2) is 0 Å². The lowest BCUT2D eigenvalue weighted by Gasteiger charge is -2.23. The summed E-state index contributed by atoms with van der Waals surface area (Å²) in [5.74, 6) is 0.943. The molecule has 0 radical (unpaired) electrons. The molecule has 0 amide bonds. The summed E-state index contributed by atoms with van der Waals surface area (Å²) in [7, 11) is 0. The Bertz CT molecular complexity index is 453. The van der Waals surface area contributed by atoms with Gasteiger partial charge in [0, 0.05) is 19.3 Å². The second kappa shape index (κ2) is 5.50. The Morgan fingerprint density at radius 3 is 2.88 bits per heavy atom. The van der Waals surface area contributed by atoms with E-state index in [2.05, 4.69) is 16.8 Å². The van der Waals surface area contributed by atoms with Crippen LogP contribution in [0.2, 0.25) is 0 Å². The molecule has 2 aromatic rings. The van der Waals surface area contributed by atoms with Crippen LogP contribution in [0.3, 0.4) is 0 Å². The van der Waals surface area contributed by atoms with Crippen LogP contribution in [0.15, 0.2) is 41.1 Å². The van der Waals surface area contributed by atoms with E-state index in [9.17, 15) is 0 Å². The summed E-state index contributed by atoms with van der Waals surface area (Å²) in [5, 5.41) is 0. The second-order valence-corrected chi connectivity index (χ2v) is 3.77. The highest BCUT2D eigenvalue weighted by Gasteiger charge is 2.11. The summed E-state index contributed by atoms with van der Waals surface area (Å²) in [6.45, 7) is 4.18. The number of anilines is 1. The van der Waals surface area contributed by atoms with Crippen molar-refractivity contribution < 1.29 is 4.42 Å². The van der Waals surface area contributed by atoms with E-state index < -0.39 is 0 Å². The number of furan rings is 1. The predicted octanol–water partition coefficient (Wildman–Crippen LogP) is 2.16. The van der Waals surface area contributed by atoms with Crippen LogP contribution >= 0.6 is 0 Å². The van der Waals surface area contributed by atoms with Crippen molar-refractivity contribution in [2.45, 2.75) is 20.0 Å². The number of pyridine rings is 1. The van der Waals surface area contributed by atoms with Gasteiger partial charge in [0.25, 0.3) is 0 Å². The van der Waals surface area contributed by atoms with Crippen molar-refractivity contribution in [1.82, 2.24) is 4.98 Å². The van der Waals surface area contributed by atoms with Crippen LogP contribution in [0.5, 0.6) is 0 Å². The van der Waals surface area contributed by atoms with Crippen LogP contribution in [0.1, 0.15) is 18.4 Å². The largest absolute Gasteiger partial charge is 0.467 e. The maximum absolute atomic E-state index is 5.70. The third-order valence-corrected chi connectivity index (χ3v) is 2.71. The summed E-state index contributed by atoms with van der Waals surface area (Å²) < 4.78 is 5.37. The first-order valence-electron chi connectivity index (χ1n) is 5.76. The molecule has 0 aliphatic carbocycles. The number of aromatic nitrogens is 1. The summed E-state index contributed by atoms with van der Waals surface area (Å²) >= 11 is 0. The van der Waals surface area contributed by atoms with Gasteiger partial charge in [0.2, 0.25) is 0 Å². The first-order chi connectivity index (χ1) is 8.35. The monoisotopic (exact) mass is 231 g/mol. The van der Waals surface area contributed by atoms with Crippen LogP contribution in [0.25, 0.3) is 0 Å². The molecule has 2 N–H and O–H groups in total. The van der Waals surface area contributed by atoms with E-state index in [1.165, 1.54) is 0 Å². The molecule has 0 atom stereocenters. The Kier molecular flexibility index (Phi) is 3.77. The second-order valence-electron chi connectivity index (χ2n) is 3.77. The van der Waals surface area contributed by atoms with E-state index in [0.717, 1.165) is 30.2 Å². The zero-order valence-electron chi connectivity index (χ0n) is 9.97. The molecule has 4 nitrogen and oxygen atoms in total. The van der Waals surface area contributed by atoms with Crippen molar-refractivity contribution in [2.24, 2.45) is 5.73 Å².